The van der Waals surface area contributed by atoms with E-state index in [1.165, 1.54) is 5.56 Å². The predicted molar refractivity (Wildman–Crippen MR) is 93.3 cm³/mol. The lowest BCUT2D eigenvalue weighted by Gasteiger charge is -2.11. The Bertz CT molecular complexity index is 632. The molecule has 22 heavy (non-hydrogen) atoms. The summed E-state index contributed by atoms with van der Waals surface area (Å²) in [5.41, 5.74) is 9.26. The second-order valence-electron chi connectivity index (χ2n) is 5.29. The van der Waals surface area contributed by atoms with Gasteiger partial charge in [0, 0.05) is 26.0 Å². The van der Waals surface area contributed by atoms with Crippen molar-refractivity contribution in [3.8, 4) is 0 Å². The SMILES string of the molecule is CCc1ccc(NC(N)=NCc2ccnc(N(C)C)c2)cc1. The van der Waals surface area contributed by atoms with Crippen molar-refractivity contribution in [1.82, 2.24) is 4.98 Å². The summed E-state index contributed by atoms with van der Waals surface area (Å²) >= 11 is 0. The molecule has 0 aliphatic rings. The van der Waals surface area contributed by atoms with Crippen molar-refractivity contribution in [3.63, 3.8) is 0 Å². The zero-order chi connectivity index (χ0) is 15.9. The van der Waals surface area contributed by atoms with Crippen LogP contribution in [-0.4, -0.2) is 25.0 Å². The van der Waals surface area contributed by atoms with Gasteiger partial charge < -0.3 is 16.0 Å². The smallest absolute Gasteiger partial charge is 0.193 e. The molecule has 0 spiro atoms. The number of nitrogens with zero attached hydrogens (tertiary/aromatic N) is 3. The van der Waals surface area contributed by atoms with Gasteiger partial charge in [-0.05, 0) is 41.8 Å². The van der Waals surface area contributed by atoms with Crippen LogP contribution in [0.5, 0.6) is 0 Å². The first-order chi connectivity index (χ1) is 10.6. The third-order valence-corrected chi connectivity index (χ3v) is 3.33. The largest absolute Gasteiger partial charge is 0.370 e. The van der Waals surface area contributed by atoms with Crippen LogP contribution in [0.25, 0.3) is 0 Å². The molecule has 5 heteroatoms. The van der Waals surface area contributed by atoms with Crippen molar-refractivity contribution in [2.45, 2.75) is 19.9 Å². The molecule has 0 atom stereocenters. The van der Waals surface area contributed by atoms with E-state index in [-0.39, 0.29) is 0 Å². The molecule has 0 unspecified atom stereocenters. The number of guanidine groups is 1. The number of aryl methyl sites for hydroxylation is 1. The zero-order valence-corrected chi connectivity index (χ0v) is 13.4. The quantitative estimate of drug-likeness (QED) is 0.657. The fourth-order valence-electron chi connectivity index (χ4n) is 1.99. The Labute approximate surface area is 131 Å². The summed E-state index contributed by atoms with van der Waals surface area (Å²) in [6, 6.07) is 12.1. The number of nitrogens with two attached hydrogens (primary N) is 1. The zero-order valence-electron chi connectivity index (χ0n) is 13.4. The van der Waals surface area contributed by atoms with Gasteiger partial charge in [0.2, 0.25) is 0 Å². The van der Waals surface area contributed by atoms with Gasteiger partial charge in [-0.2, -0.15) is 0 Å². The van der Waals surface area contributed by atoms with Gasteiger partial charge in [-0.1, -0.05) is 19.1 Å². The van der Waals surface area contributed by atoms with E-state index in [2.05, 4.69) is 34.3 Å². The second kappa shape index (κ2) is 7.45. The summed E-state index contributed by atoms with van der Waals surface area (Å²) in [6.07, 6.45) is 2.81. The highest BCUT2D eigenvalue weighted by Crippen LogP contribution is 2.11. The predicted octanol–water partition coefficient (Wildman–Crippen LogP) is 2.64. The van der Waals surface area contributed by atoms with E-state index in [4.69, 9.17) is 5.73 Å². The standard InChI is InChI=1S/C17H23N5/c1-4-13-5-7-15(8-6-13)21-17(18)20-12-14-9-10-19-16(11-14)22(2)3/h5-11H,4,12H2,1-3H3,(H3,18,20,21). The van der Waals surface area contributed by atoms with Crippen LogP contribution in [0.1, 0.15) is 18.1 Å². The molecule has 0 bridgehead atoms. The van der Waals surface area contributed by atoms with Crippen LogP contribution in [0.4, 0.5) is 11.5 Å². The first-order valence-electron chi connectivity index (χ1n) is 7.36. The van der Waals surface area contributed by atoms with Gasteiger partial charge in [-0.15, -0.1) is 0 Å². The van der Waals surface area contributed by atoms with Crippen LogP contribution in [-0.2, 0) is 13.0 Å². The molecular weight excluding hydrogens is 274 g/mol. The summed E-state index contributed by atoms with van der Waals surface area (Å²) in [7, 11) is 3.93. The lowest BCUT2D eigenvalue weighted by Crippen LogP contribution is -2.22. The molecule has 5 nitrogen and oxygen atoms in total. The number of benzene rings is 1. The summed E-state index contributed by atoms with van der Waals surface area (Å²) < 4.78 is 0. The third kappa shape index (κ3) is 4.48. The Morgan fingerprint density at radius 3 is 2.55 bits per heavy atom. The number of aliphatic imine (C=N–C) groups is 1. The number of anilines is 2. The minimum absolute atomic E-state index is 0.410. The fourth-order valence-corrected chi connectivity index (χ4v) is 1.99. The molecule has 0 fully saturated rings. The van der Waals surface area contributed by atoms with Crippen molar-refractivity contribution in [1.29, 1.82) is 0 Å². The lowest BCUT2D eigenvalue weighted by molar-refractivity contribution is 1.02. The molecule has 2 aromatic rings. The third-order valence-electron chi connectivity index (χ3n) is 3.33. The molecular formula is C17H23N5. The molecule has 1 aromatic heterocycles. The van der Waals surface area contributed by atoms with Crippen molar-refractivity contribution in [2.24, 2.45) is 10.7 Å². The van der Waals surface area contributed by atoms with E-state index < -0.39 is 0 Å². The Kier molecular flexibility index (Phi) is 5.36. The van der Waals surface area contributed by atoms with E-state index in [0.29, 0.717) is 12.5 Å². The second-order valence-corrected chi connectivity index (χ2v) is 5.29. The number of nitrogens with one attached hydrogen (secondary N) is 1. The maximum Gasteiger partial charge on any atom is 0.193 e. The van der Waals surface area contributed by atoms with Crippen molar-refractivity contribution in [2.75, 3.05) is 24.3 Å². The summed E-state index contributed by atoms with van der Waals surface area (Å²) in [4.78, 5) is 10.6. The molecule has 0 amide bonds. The Morgan fingerprint density at radius 2 is 1.91 bits per heavy atom. The van der Waals surface area contributed by atoms with E-state index in [1.807, 2.05) is 43.3 Å². The van der Waals surface area contributed by atoms with Crippen LogP contribution in [0, 0.1) is 0 Å². The van der Waals surface area contributed by atoms with Gasteiger partial charge in [-0.3, -0.25) is 0 Å². The van der Waals surface area contributed by atoms with Crippen LogP contribution in [0.2, 0.25) is 0 Å². The minimum atomic E-state index is 0.410. The van der Waals surface area contributed by atoms with Gasteiger partial charge in [-0.25, -0.2) is 9.98 Å². The Balaban J connectivity index is 1.98. The van der Waals surface area contributed by atoms with Crippen LogP contribution in [0.15, 0.2) is 47.6 Å². The summed E-state index contributed by atoms with van der Waals surface area (Å²) in [6.45, 7) is 2.66. The molecule has 0 saturated carbocycles. The van der Waals surface area contributed by atoms with Gasteiger partial charge in [0.15, 0.2) is 5.96 Å². The van der Waals surface area contributed by atoms with Crippen LogP contribution >= 0.6 is 0 Å². The van der Waals surface area contributed by atoms with Gasteiger partial charge in [0.1, 0.15) is 5.82 Å². The van der Waals surface area contributed by atoms with Crippen LogP contribution < -0.4 is 16.0 Å². The van der Waals surface area contributed by atoms with E-state index in [9.17, 15) is 0 Å². The maximum absolute atomic E-state index is 5.93. The highest BCUT2D eigenvalue weighted by Gasteiger charge is 2.00. The molecule has 0 saturated heterocycles. The van der Waals surface area contributed by atoms with Gasteiger partial charge in [0.05, 0.1) is 6.54 Å². The molecule has 0 aliphatic heterocycles. The topological polar surface area (TPSA) is 66.5 Å². The van der Waals surface area contributed by atoms with E-state index >= 15 is 0 Å². The summed E-state index contributed by atoms with van der Waals surface area (Å²) in [5, 5.41) is 3.10. The number of rotatable bonds is 5. The Morgan fingerprint density at radius 1 is 1.18 bits per heavy atom. The molecule has 1 heterocycles. The number of pyridine rings is 1. The monoisotopic (exact) mass is 297 g/mol. The highest BCUT2D eigenvalue weighted by molar-refractivity contribution is 5.92. The highest BCUT2D eigenvalue weighted by atomic mass is 15.1. The molecule has 3 N–H and O–H groups in total. The molecule has 1 aromatic carbocycles. The first kappa shape index (κ1) is 15.8. The number of aromatic nitrogens is 1. The fraction of sp³-hybridized carbons (Fsp3) is 0.294. The molecule has 116 valence electrons. The van der Waals surface area contributed by atoms with Crippen molar-refractivity contribution in [3.05, 3.63) is 53.7 Å². The first-order valence-corrected chi connectivity index (χ1v) is 7.36. The van der Waals surface area contributed by atoms with Gasteiger partial charge >= 0.3 is 0 Å². The average Bonchev–Trinajstić information content (AvgIpc) is 2.54. The van der Waals surface area contributed by atoms with Gasteiger partial charge in [0.25, 0.3) is 0 Å². The molecule has 0 aliphatic carbocycles. The van der Waals surface area contributed by atoms with E-state index in [0.717, 1.165) is 23.5 Å². The maximum atomic E-state index is 5.93. The Hall–Kier alpha value is -2.56. The number of hydrogen-bond donors (Lipinski definition) is 2. The van der Waals surface area contributed by atoms with Crippen molar-refractivity contribution >= 4 is 17.5 Å². The minimum Gasteiger partial charge on any atom is -0.370 e. The lowest BCUT2D eigenvalue weighted by atomic mass is 10.1. The molecule has 0 radical (unpaired) electrons. The van der Waals surface area contributed by atoms with Crippen molar-refractivity contribution < 1.29 is 0 Å². The van der Waals surface area contributed by atoms with E-state index in [1.54, 1.807) is 6.20 Å². The molecule has 2 rings (SSSR count). The normalized spacial score (nSPS) is 11.3. The average molecular weight is 297 g/mol. The number of hydrogen-bond acceptors (Lipinski definition) is 3. The van der Waals surface area contributed by atoms with Crippen LogP contribution in [0.3, 0.4) is 0 Å². The summed E-state index contributed by atoms with van der Waals surface area (Å²) in [5.74, 6) is 1.32.